The Hall–Kier alpha value is -0.910. The molecule has 2 heterocycles. The lowest BCUT2D eigenvalue weighted by Crippen LogP contribution is -2.50. The van der Waals surface area contributed by atoms with Crippen LogP contribution in [0.5, 0.6) is 0 Å². The number of carbonyl (C=O) groups is 1. The first-order chi connectivity index (χ1) is 9.19. The fraction of sp³-hybridized carbons (Fsp3) is 0.643. The van der Waals surface area contributed by atoms with Crippen LogP contribution in [0.25, 0.3) is 0 Å². The smallest absolute Gasteiger partial charge is 0.234 e. The van der Waals surface area contributed by atoms with Crippen LogP contribution >= 0.6 is 11.3 Å². The highest BCUT2D eigenvalue weighted by molar-refractivity contribution is 7.09. The van der Waals surface area contributed by atoms with Crippen LogP contribution in [0.15, 0.2) is 17.5 Å². The summed E-state index contributed by atoms with van der Waals surface area (Å²) in [6.45, 7) is 4.99. The number of nitrogens with one attached hydrogen (secondary N) is 1. The van der Waals surface area contributed by atoms with Gasteiger partial charge in [-0.1, -0.05) is 13.0 Å². The molecular weight excluding hydrogens is 258 g/mol. The van der Waals surface area contributed by atoms with Gasteiger partial charge in [-0.05, 0) is 36.8 Å². The third kappa shape index (κ3) is 4.30. The molecule has 0 aliphatic carbocycles. The number of hydrogen-bond donors (Lipinski definition) is 2. The van der Waals surface area contributed by atoms with Crippen molar-refractivity contribution in [3.05, 3.63) is 22.4 Å². The van der Waals surface area contributed by atoms with E-state index in [-0.39, 0.29) is 5.91 Å². The van der Waals surface area contributed by atoms with Gasteiger partial charge in [0.05, 0.1) is 13.1 Å². The van der Waals surface area contributed by atoms with E-state index in [9.17, 15) is 4.79 Å². The molecule has 0 saturated carbocycles. The predicted molar refractivity (Wildman–Crippen MR) is 79.0 cm³/mol. The zero-order valence-electron chi connectivity index (χ0n) is 11.5. The minimum atomic E-state index is 0.0985. The lowest BCUT2D eigenvalue weighted by Gasteiger charge is -2.37. The van der Waals surface area contributed by atoms with Gasteiger partial charge in [-0.15, -0.1) is 11.3 Å². The quantitative estimate of drug-likeness (QED) is 0.858. The van der Waals surface area contributed by atoms with Gasteiger partial charge in [0.25, 0.3) is 0 Å². The van der Waals surface area contributed by atoms with Crippen molar-refractivity contribution in [2.24, 2.45) is 11.7 Å². The van der Waals surface area contributed by atoms with Crippen molar-refractivity contribution in [1.29, 1.82) is 0 Å². The Kier molecular flexibility index (Phi) is 5.36. The molecular formula is C14H23N3OS. The van der Waals surface area contributed by atoms with Crippen LogP contribution in [0.2, 0.25) is 0 Å². The van der Waals surface area contributed by atoms with Crippen LogP contribution in [0.4, 0.5) is 0 Å². The van der Waals surface area contributed by atoms with Crippen LogP contribution in [0, 0.1) is 5.92 Å². The molecule has 3 N–H and O–H groups in total. The molecule has 0 radical (unpaired) electrons. The Labute approximate surface area is 119 Å². The highest BCUT2D eigenvalue weighted by Gasteiger charge is 2.26. The second-order valence-corrected chi connectivity index (χ2v) is 6.38. The average molecular weight is 281 g/mol. The number of nitrogens with two attached hydrogens (primary N) is 1. The summed E-state index contributed by atoms with van der Waals surface area (Å²) in [6.07, 6.45) is 2.27. The maximum absolute atomic E-state index is 12.0. The van der Waals surface area contributed by atoms with Gasteiger partial charge in [-0.3, -0.25) is 9.69 Å². The number of piperidine rings is 1. The summed E-state index contributed by atoms with van der Waals surface area (Å²) in [5.41, 5.74) is 5.81. The molecule has 4 nitrogen and oxygen atoms in total. The first-order valence-corrected chi connectivity index (χ1v) is 7.80. The SMILES string of the molecule is CC1CCN(CC(=O)NCc2cccs2)C(CN)C1. The minimum Gasteiger partial charge on any atom is -0.350 e. The predicted octanol–water partition coefficient (Wildman–Crippen LogP) is 1.42. The second kappa shape index (κ2) is 7.03. The van der Waals surface area contributed by atoms with Gasteiger partial charge >= 0.3 is 0 Å². The molecule has 5 heteroatoms. The Morgan fingerprint density at radius 2 is 2.47 bits per heavy atom. The largest absolute Gasteiger partial charge is 0.350 e. The molecule has 0 aromatic carbocycles. The highest BCUT2D eigenvalue weighted by Crippen LogP contribution is 2.21. The lowest BCUT2D eigenvalue weighted by molar-refractivity contribution is -0.123. The molecule has 106 valence electrons. The Morgan fingerprint density at radius 3 is 3.16 bits per heavy atom. The van der Waals surface area contributed by atoms with Crippen molar-refractivity contribution in [3.8, 4) is 0 Å². The van der Waals surface area contributed by atoms with Crippen molar-refractivity contribution in [3.63, 3.8) is 0 Å². The third-order valence-corrected chi connectivity index (χ3v) is 4.64. The topological polar surface area (TPSA) is 58.4 Å². The zero-order chi connectivity index (χ0) is 13.7. The summed E-state index contributed by atoms with van der Waals surface area (Å²) in [6, 6.07) is 4.40. The maximum Gasteiger partial charge on any atom is 0.234 e. The number of carbonyl (C=O) groups excluding carboxylic acids is 1. The van der Waals surface area contributed by atoms with E-state index in [1.807, 2.05) is 17.5 Å². The molecule has 2 atom stereocenters. The molecule has 1 fully saturated rings. The first kappa shape index (κ1) is 14.5. The van der Waals surface area contributed by atoms with E-state index < -0.39 is 0 Å². The molecule has 2 unspecified atom stereocenters. The third-order valence-electron chi connectivity index (χ3n) is 3.76. The summed E-state index contributed by atoms with van der Waals surface area (Å²) >= 11 is 1.67. The second-order valence-electron chi connectivity index (χ2n) is 5.35. The van der Waals surface area contributed by atoms with Crippen LogP contribution < -0.4 is 11.1 Å². The summed E-state index contributed by atoms with van der Waals surface area (Å²) in [4.78, 5) is 15.4. The monoisotopic (exact) mass is 281 g/mol. The molecule has 19 heavy (non-hydrogen) atoms. The van der Waals surface area contributed by atoms with Gasteiger partial charge in [0.15, 0.2) is 0 Å². The molecule has 0 bridgehead atoms. The summed E-state index contributed by atoms with van der Waals surface area (Å²) in [5.74, 6) is 0.820. The fourth-order valence-electron chi connectivity index (χ4n) is 2.59. The Balaban J connectivity index is 1.77. The van der Waals surface area contributed by atoms with Crippen molar-refractivity contribution in [2.75, 3.05) is 19.6 Å². The van der Waals surface area contributed by atoms with Gasteiger partial charge in [0, 0.05) is 17.5 Å². The van der Waals surface area contributed by atoms with Crippen molar-refractivity contribution >= 4 is 17.2 Å². The molecule has 1 aromatic rings. The van der Waals surface area contributed by atoms with E-state index in [2.05, 4.69) is 17.1 Å². The van der Waals surface area contributed by atoms with Gasteiger partial charge in [0.1, 0.15) is 0 Å². The fourth-order valence-corrected chi connectivity index (χ4v) is 3.24. The molecule has 1 aliphatic rings. The van der Waals surface area contributed by atoms with Gasteiger partial charge < -0.3 is 11.1 Å². The Bertz CT molecular complexity index is 393. The molecule has 1 aromatic heterocycles. The first-order valence-electron chi connectivity index (χ1n) is 6.92. The van der Waals surface area contributed by atoms with Crippen molar-refractivity contribution in [1.82, 2.24) is 10.2 Å². The van der Waals surface area contributed by atoms with Crippen LogP contribution in [0.3, 0.4) is 0 Å². The molecule has 1 aliphatic heterocycles. The van der Waals surface area contributed by atoms with E-state index in [4.69, 9.17) is 5.73 Å². The maximum atomic E-state index is 12.0. The Morgan fingerprint density at radius 1 is 1.63 bits per heavy atom. The number of thiophene rings is 1. The molecule has 1 saturated heterocycles. The van der Waals surface area contributed by atoms with Crippen LogP contribution in [-0.4, -0.2) is 36.5 Å². The highest BCUT2D eigenvalue weighted by atomic mass is 32.1. The van der Waals surface area contributed by atoms with Gasteiger partial charge in [-0.2, -0.15) is 0 Å². The number of nitrogens with zero attached hydrogens (tertiary/aromatic N) is 1. The van der Waals surface area contributed by atoms with E-state index in [0.29, 0.717) is 25.7 Å². The van der Waals surface area contributed by atoms with E-state index in [0.717, 1.165) is 25.3 Å². The minimum absolute atomic E-state index is 0.0985. The number of likely N-dealkylation sites (tertiary alicyclic amines) is 1. The summed E-state index contributed by atoms with van der Waals surface area (Å²) < 4.78 is 0. The van der Waals surface area contributed by atoms with Crippen molar-refractivity contribution in [2.45, 2.75) is 32.4 Å². The van der Waals surface area contributed by atoms with E-state index in [1.54, 1.807) is 11.3 Å². The number of rotatable bonds is 5. The molecule has 0 spiro atoms. The van der Waals surface area contributed by atoms with Crippen molar-refractivity contribution < 1.29 is 4.79 Å². The summed E-state index contributed by atoms with van der Waals surface area (Å²) in [5, 5.41) is 5.00. The molecule has 1 amide bonds. The van der Waals surface area contributed by atoms with Crippen LogP contribution in [0.1, 0.15) is 24.6 Å². The molecule has 2 rings (SSSR count). The van der Waals surface area contributed by atoms with Gasteiger partial charge in [-0.25, -0.2) is 0 Å². The standard InChI is InChI=1S/C14H23N3OS/c1-11-4-5-17(12(7-11)8-15)10-14(18)16-9-13-3-2-6-19-13/h2-3,6,11-12H,4-5,7-10,15H2,1H3,(H,16,18). The average Bonchev–Trinajstić information content (AvgIpc) is 2.91. The number of amides is 1. The lowest BCUT2D eigenvalue weighted by atomic mass is 9.92. The summed E-state index contributed by atoms with van der Waals surface area (Å²) in [7, 11) is 0. The zero-order valence-corrected chi connectivity index (χ0v) is 12.3. The van der Waals surface area contributed by atoms with Gasteiger partial charge in [0.2, 0.25) is 5.91 Å². The van der Waals surface area contributed by atoms with E-state index >= 15 is 0 Å². The normalized spacial score (nSPS) is 24.3. The van der Waals surface area contributed by atoms with E-state index in [1.165, 1.54) is 4.88 Å². The number of hydrogen-bond acceptors (Lipinski definition) is 4. The van der Waals surface area contributed by atoms with Crippen LogP contribution in [-0.2, 0) is 11.3 Å².